The molecule has 1 saturated carbocycles. The molecule has 1 atom stereocenters. The molecule has 0 bridgehead atoms. The van der Waals surface area contributed by atoms with Crippen LogP contribution < -0.4 is 0 Å². The molecule has 0 N–H and O–H groups in total. The van der Waals surface area contributed by atoms with Gasteiger partial charge in [-0.05, 0) is 30.5 Å². The van der Waals surface area contributed by atoms with E-state index in [0.29, 0.717) is 19.3 Å². The number of carbonyl (C=O) groups is 2. The van der Waals surface area contributed by atoms with Crippen molar-refractivity contribution in [1.82, 2.24) is 0 Å². The lowest BCUT2D eigenvalue weighted by molar-refractivity contribution is -0.135. The zero-order chi connectivity index (χ0) is 13.3. The van der Waals surface area contributed by atoms with E-state index in [9.17, 15) is 9.59 Å². The summed E-state index contributed by atoms with van der Waals surface area (Å²) in [6, 6.07) is 7.71. The predicted molar refractivity (Wildman–Crippen MR) is 74.5 cm³/mol. The first kappa shape index (κ1) is 13.5. The minimum absolute atomic E-state index is 0.111. The quantitative estimate of drug-likeness (QED) is 0.794. The minimum Gasteiger partial charge on any atom is -0.299 e. The molecule has 0 saturated heterocycles. The Morgan fingerprint density at radius 2 is 1.72 bits per heavy atom. The smallest absolute Gasteiger partial charge is 0.154 e. The molecular formula is C15H17BrO2. The Hall–Kier alpha value is -0.960. The van der Waals surface area contributed by atoms with Gasteiger partial charge in [0.05, 0.1) is 11.3 Å². The van der Waals surface area contributed by atoms with Crippen LogP contribution in [0.4, 0.5) is 0 Å². The van der Waals surface area contributed by atoms with Gasteiger partial charge in [-0.3, -0.25) is 9.59 Å². The molecule has 96 valence electrons. The second-order valence-corrected chi connectivity index (χ2v) is 5.80. The van der Waals surface area contributed by atoms with Gasteiger partial charge in [0.15, 0.2) is 5.78 Å². The second-order valence-electron chi connectivity index (χ2n) is 4.88. The molecule has 1 fully saturated rings. The van der Waals surface area contributed by atoms with Gasteiger partial charge in [-0.15, -0.1) is 0 Å². The molecule has 0 aliphatic heterocycles. The van der Waals surface area contributed by atoms with Gasteiger partial charge in [0.1, 0.15) is 5.78 Å². The summed E-state index contributed by atoms with van der Waals surface area (Å²) in [5.41, 5.74) is 0.234. The van der Waals surface area contributed by atoms with E-state index in [1.54, 1.807) is 0 Å². The highest BCUT2D eigenvalue weighted by Gasteiger charge is 2.52. The summed E-state index contributed by atoms with van der Waals surface area (Å²) in [6.45, 7) is 3.87. The minimum atomic E-state index is -0.724. The zero-order valence-corrected chi connectivity index (χ0v) is 12.3. The number of Topliss-reactive ketones (excluding diaryl/α,β-unsaturated/α-hetero) is 2. The Bertz CT molecular complexity index is 472. The Labute approximate surface area is 116 Å². The van der Waals surface area contributed by atoms with Gasteiger partial charge < -0.3 is 0 Å². The van der Waals surface area contributed by atoms with E-state index in [0.717, 1.165) is 10.0 Å². The molecular weight excluding hydrogens is 292 g/mol. The van der Waals surface area contributed by atoms with Crippen molar-refractivity contribution in [1.29, 1.82) is 0 Å². The van der Waals surface area contributed by atoms with E-state index >= 15 is 0 Å². The monoisotopic (exact) mass is 308 g/mol. The number of hydrogen-bond acceptors (Lipinski definition) is 2. The average molecular weight is 309 g/mol. The van der Waals surface area contributed by atoms with Crippen LogP contribution in [-0.2, 0) is 9.59 Å². The van der Waals surface area contributed by atoms with Gasteiger partial charge >= 0.3 is 0 Å². The maximum Gasteiger partial charge on any atom is 0.154 e. The van der Waals surface area contributed by atoms with Gasteiger partial charge in [0, 0.05) is 10.9 Å². The fourth-order valence-electron chi connectivity index (χ4n) is 2.90. The normalized spacial score (nSPS) is 22.5. The summed E-state index contributed by atoms with van der Waals surface area (Å²) < 4.78 is 0.986. The third-order valence-electron chi connectivity index (χ3n) is 4.19. The maximum absolute atomic E-state index is 12.6. The summed E-state index contributed by atoms with van der Waals surface area (Å²) in [5.74, 6) is -0.0178. The first-order valence-corrected chi connectivity index (χ1v) is 7.17. The van der Waals surface area contributed by atoms with Gasteiger partial charge in [-0.1, -0.05) is 41.9 Å². The standard InChI is InChI=1S/C15H17BrO2/c1-3-15(4-2)13(17)9-12(14(15)18)10-5-7-11(16)8-6-10/h5-8,12H,3-4,9H2,1-2H3/t12-/m1/s1. The topological polar surface area (TPSA) is 34.1 Å². The molecule has 0 amide bonds. The van der Waals surface area contributed by atoms with Crippen LogP contribution in [0.3, 0.4) is 0 Å². The maximum atomic E-state index is 12.6. The van der Waals surface area contributed by atoms with Crippen LogP contribution in [0.1, 0.15) is 44.6 Å². The molecule has 0 heterocycles. The third kappa shape index (κ3) is 1.95. The highest BCUT2D eigenvalue weighted by molar-refractivity contribution is 9.10. The molecule has 2 rings (SSSR count). The lowest BCUT2D eigenvalue weighted by Gasteiger charge is -2.22. The molecule has 1 aliphatic rings. The van der Waals surface area contributed by atoms with Gasteiger partial charge in [-0.25, -0.2) is 0 Å². The van der Waals surface area contributed by atoms with Crippen LogP contribution in [-0.4, -0.2) is 11.6 Å². The Morgan fingerprint density at radius 3 is 2.17 bits per heavy atom. The first-order chi connectivity index (χ1) is 8.55. The molecule has 3 heteroatoms. The SMILES string of the molecule is CCC1(CC)C(=O)C[C@H](c2ccc(Br)cc2)C1=O. The molecule has 0 radical (unpaired) electrons. The van der Waals surface area contributed by atoms with Gasteiger partial charge in [0.2, 0.25) is 0 Å². The van der Waals surface area contributed by atoms with Crippen LogP contribution in [0.25, 0.3) is 0 Å². The predicted octanol–water partition coefficient (Wildman–Crippen LogP) is 3.88. The van der Waals surface area contributed by atoms with Crippen LogP contribution in [0.5, 0.6) is 0 Å². The van der Waals surface area contributed by atoms with Crippen molar-refractivity contribution >= 4 is 27.5 Å². The van der Waals surface area contributed by atoms with Crippen molar-refractivity contribution in [3.05, 3.63) is 34.3 Å². The Morgan fingerprint density at radius 1 is 1.17 bits per heavy atom. The fraction of sp³-hybridized carbons (Fsp3) is 0.467. The molecule has 0 aromatic heterocycles. The third-order valence-corrected chi connectivity index (χ3v) is 4.72. The number of rotatable bonds is 3. The van der Waals surface area contributed by atoms with Gasteiger partial charge in [0.25, 0.3) is 0 Å². The number of halogens is 1. The lowest BCUT2D eigenvalue weighted by atomic mass is 9.77. The van der Waals surface area contributed by atoms with Crippen molar-refractivity contribution in [2.75, 3.05) is 0 Å². The number of ketones is 2. The summed E-state index contributed by atoms with van der Waals surface area (Å²) in [4.78, 5) is 24.7. The van der Waals surface area contributed by atoms with E-state index in [1.165, 1.54) is 0 Å². The van der Waals surface area contributed by atoms with E-state index in [1.807, 2.05) is 38.1 Å². The number of benzene rings is 1. The van der Waals surface area contributed by atoms with E-state index < -0.39 is 5.41 Å². The summed E-state index contributed by atoms with van der Waals surface area (Å²) in [5, 5.41) is 0. The van der Waals surface area contributed by atoms with Crippen LogP contribution in [0.15, 0.2) is 28.7 Å². The summed E-state index contributed by atoms with van der Waals surface area (Å²) in [7, 11) is 0. The molecule has 1 aromatic rings. The molecule has 1 aromatic carbocycles. The lowest BCUT2D eigenvalue weighted by Crippen LogP contribution is -2.32. The van der Waals surface area contributed by atoms with Gasteiger partial charge in [-0.2, -0.15) is 0 Å². The fourth-order valence-corrected chi connectivity index (χ4v) is 3.17. The van der Waals surface area contributed by atoms with E-state index in [2.05, 4.69) is 15.9 Å². The van der Waals surface area contributed by atoms with Crippen molar-refractivity contribution in [2.45, 2.75) is 39.0 Å². The Kier molecular flexibility index (Phi) is 3.71. The van der Waals surface area contributed by atoms with Crippen molar-refractivity contribution in [2.24, 2.45) is 5.41 Å². The molecule has 2 nitrogen and oxygen atoms in total. The Balaban J connectivity index is 2.36. The summed E-state index contributed by atoms with van der Waals surface area (Å²) in [6.07, 6.45) is 1.60. The van der Waals surface area contributed by atoms with Crippen LogP contribution in [0.2, 0.25) is 0 Å². The first-order valence-electron chi connectivity index (χ1n) is 6.38. The van der Waals surface area contributed by atoms with E-state index in [4.69, 9.17) is 0 Å². The largest absolute Gasteiger partial charge is 0.299 e. The zero-order valence-electron chi connectivity index (χ0n) is 10.7. The highest BCUT2D eigenvalue weighted by atomic mass is 79.9. The van der Waals surface area contributed by atoms with E-state index in [-0.39, 0.29) is 17.5 Å². The van der Waals surface area contributed by atoms with Crippen molar-refractivity contribution in [3.63, 3.8) is 0 Å². The number of hydrogen-bond donors (Lipinski definition) is 0. The van der Waals surface area contributed by atoms with Crippen LogP contribution in [0, 0.1) is 5.41 Å². The highest BCUT2D eigenvalue weighted by Crippen LogP contribution is 2.45. The summed E-state index contributed by atoms with van der Waals surface area (Å²) >= 11 is 3.38. The van der Waals surface area contributed by atoms with Crippen molar-refractivity contribution < 1.29 is 9.59 Å². The van der Waals surface area contributed by atoms with Crippen molar-refractivity contribution in [3.8, 4) is 0 Å². The molecule has 18 heavy (non-hydrogen) atoms. The number of carbonyl (C=O) groups excluding carboxylic acids is 2. The molecule has 0 unspecified atom stereocenters. The second kappa shape index (κ2) is 4.96. The molecule has 0 spiro atoms. The van der Waals surface area contributed by atoms with Crippen LogP contribution >= 0.6 is 15.9 Å². The average Bonchev–Trinajstić information content (AvgIpc) is 2.63. The molecule has 1 aliphatic carbocycles.